The number of nitrogens with zero attached hydrogens (tertiary/aromatic N) is 2. The van der Waals surface area contributed by atoms with Crippen LogP contribution in [0.15, 0.2) is 48.8 Å². The van der Waals surface area contributed by atoms with Crippen molar-refractivity contribution >= 4 is 12.6 Å². The van der Waals surface area contributed by atoms with Gasteiger partial charge in [-0.25, -0.2) is 0 Å². The summed E-state index contributed by atoms with van der Waals surface area (Å²) in [6.45, 7) is 1.58. The Balaban J connectivity index is 1.99. The highest BCUT2D eigenvalue weighted by molar-refractivity contribution is 6.58. The molecule has 0 spiro atoms. The summed E-state index contributed by atoms with van der Waals surface area (Å²) >= 11 is 0. The Bertz CT molecular complexity index is 520. The van der Waals surface area contributed by atoms with E-state index in [1.807, 2.05) is 37.4 Å². The summed E-state index contributed by atoms with van der Waals surface area (Å²) in [4.78, 5) is 6.16. The molecule has 0 saturated carbocycles. The highest BCUT2D eigenvalue weighted by Gasteiger charge is 2.11. The Hall–Kier alpha value is -1.69. The standard InChI is InChI=1S/C14H17BN2O2/c1-17(10-12-5-7-16-8-6-12)11-13-3-2-4-14(9-13)15(18)19/h2-9,18-19H,10-11H2,1H3. The summed E-state index contributed by atoms with van der Waals surface area (Å²) in [6.07, 6.45) is 3.57. The molecule has 2 rings (SSSR count). The molecule has 98 valence electrons. The molecule has 0 aliphatic heterocycles. The smallest absolute Gasteiger partial charge is 0.423 e. The van der Waals surface area contributed by atoms with Gasteiger partial charge in [-0.2, -0.15) is 0 Å². The first-order valence-corrected chi connectivity index (χ1v) is 6.17. The van der Waals surface area contributed by atoms with Gasteiger partial charge in [0, 0.05) is 25.5 Å². The summed E-state index contributed by atoms with van der Waals surface area (Å²) in [5.41, 5.74) is 2.79. The highest BCUT2D eigenvalue weighted by Crippen LogP contribution is 2.06. The van der Waals surface area contributed by atoms with Crippen LogP contribution in [0.3, 0.4) is 0 Å². The minimum atomic E-state index is -1.41. The molecule has 0 aliphatic carbocycles. The third-order valence-corrected chi connectivity index (χ3v) is 2.90. The van der Waals surface area contributed by atoms with E-state index >= 15 is 0 Å². The number of hydrogen-bond acceptors (Lipinski definition) is 4. The maximum atomic E-state index is 9.15. The Morgan fingerprint density at radius 1 is 1.05 bits per heavy atom. The first-order chi connectivity index (χ1) is 9.15. The van der Waals surface area contributed by atoms with Crippen molar-refractivity contribution in [2.24, 2.45) is 0 Å². The lowest BCUT2D eigenvalue weighted by Crippen LogP contribution is -2.30. The van der Waals surface area contributed by atoms with Gasteiger partial charge < -0.3 is 10.0 Å². The van der Waals surface area contributed by atoms with E-state index in [0.717, 1.165) is 18.7 Å². The second-order valence-corrected chi connectivity index (χ2v) is 4.65. The summed E-state index contributed by atoms with van der Waals surface area (Å²) in [5.74, 6) is 0. The Labute approximate surface area is 113 Å². The van der Waals surface area contributed by atoms with Crippen LogP contribution in [0, 0.1) is 0 Å². The third kappa shape index (κ3) is 4.17. The molecule has 19 heavy (non-hydrogen) atoms. The number of hydrogen-bond donors (Lipinski definition) is 2. The van der Waals surface area contributed by atoms with Gasteiger partial charge in [-0.1, -0.05) is 24.3 Å². The van der Waals surface area contributed by atoms with Crippen molar-refractivity contribution < 1.29 is 10.0 Å². The molecule has 1 heterocycles. The maximum absolute atomic E-state index is 9.15. The number of rotatable bonds is 5. The average molecular weight is 256 g/mol. The molecule has 0 bridgehead atoms. The van der Waals surface area contributed by atoms with Crippen LogP contribution in [0.4, 0.5) is 0 Å². The second kappa shape index (κ2) is 6.47. The quantitative estimate of drug-likeness (QED) is 0.760. The van der Waals surface area contributed by atoms with Gasteiger partial charge in [0.2, 0.25) is 0 Å². The van der Waals surface area contributed by atoms with E-state index in [9.17, 15) is 0 Å². The zero-order valence-electron chi connectivity index (χ0n) is 10.9. The van der Waals surface area contributed by atoms with Crippen LogP contribution in [0.5, 0.6) is 0 Å². The van der Waals surface area contributed by atoms with Gasteiger partial charge in [-0.3, -0.25) is 9.88 Å². The van der Waals surface area contributed by atoms with Crippen molar-refractivity contribution in [2.45, 2.75) is 13.1 Å². The summed E-state index contributed by atoms with van der Waals surface area (Å²) < 4.78 is 0. The summed E-state index contributed by atoms with van der Waals surface area (Å²) in [6, 6.07) is 11.3. The van der Waals surface area contributed by atoms with E-state index in [1.165, 1.54) is 5.56 Å². The van der Waals surface area contributed by atoms with Crippen molar-refractivity contribution in [3.63, 3.8) is 0 Å². The van der Waals surface area contributed by atoms with E-state index in [-0.39, 0.29) is 0 Å². The van der Waals surface area contributed by atoms with Crippen molar-refractivity contribution in [3.05, 3.63) is 59.9 Å². The fourth-order valence-electron chi connectivity index (χ4n) is 2.02. The van der Waals surface area contributed by atoms with Gasteiger partial charge >= 0.3 is 7.12 Å². The number of benzene rings is 1. The summed E-state index contributed by atoms with van der Waals surface area (Å²) in [5, 5.41) is 18.3. The Morgan fingerprint density at radius 2 is 1.74 bits per heavy atom. The molecule has 0 amide bonds. The van der Waals surface area contributed by atoms with Crippen LogP contribution in [0.1, 0.15) is 11.1 Å². The Morgan fingerprint density at radius 3 is 2.42 bits per heavy atom. The average Bonchev–Trinajstić information content (AvgIpc) is 2.40. The van der Waals surface area contributed by atoms with E-state index < -0.39 is 7.12 Å². The maximum Gasteiger partial charge on any atom is 0.488 e. The number of pyridine rings is 1. The molecule has 1 aromatic heterocycles. The van der Waals surface area contributed by atoms with Gasteiger partial charge in [0.05, 0.1) is 0 Å². The Kier molecular flexibility index (Phi) is 4.68. The third-order valence-electron chi connectivity index (χ3n) is 2.90. The van der Waals surface area contributed by atoms with Gasteiger partial charge in [-0.15, -0.1) is 0 Å². The molecule has 4 nitrogen and oxygen atoms in total. The highest BCUT2D eigenvalue weighted by atomic mass is 16.4. The van der Waals surface area contributed by atoms with Crippen molar-refractivity contribution in [2.75, 3.05) is 7.05 Å². The molecular weight excluding hydrogens is 239 g/mol. The van der Waals surface area contributed by atoms with Crippen LogP contribution >= 0.6 is 0 Å². The van der Waals surface area contributed by atoms with Crippen LogP contribution in [0.2, 0.25) is 0 Å². The fraction of sp³-hybridized carbons (Fsp3) is 0.214. The molecule has 0 atom stereocenters. The van der Waals surface area contributed by atoms with E-state index in [0.29, 0.717) is 5.46 Å². The monoisotopic (exact) mass is 256 g/mol. The van der Waals surface area contributed by atoms with Gasteiger partial charge in [0.1, 0.15) is 0 Å². The first kappa shape index (κ1) is 13.7. The molecule has 0 saturated heterocycles. The predicted molar refractivity (Wildman–Crippen MR) is 75.7 cm³/mol. The molecule has 0 aliphatic rings. The molecule has 1 aromatic carbocycles. The lowest BCUT2D eigenvalue weighted by atomic mass is 9.79. The lowest BCUT2D eigenvalue weighted by molar-refractivity contribution is 0.319. The molecule has 0 radical (unpaired) electrons. The van der Waals surface area contributed by atoms with Crippen LogP contribution in [-0.2, 0) is 13.1 Å². The van der Waals surface area contributed by atoms with Crippen LogP contribution in [-0.4, -0.2) is 34.1 Å². The summed E-state index contributed by atoms with van der Waals surface area (Å²) in [7, 11) is 0.619. The minimum absolute atomic E-state index is 0.523. The normalized spacial score (nSPS) is 10.7. The minimum Gasteiger partial charge on any atom is -0.423 e. The van der Waals surface area contributed by atoms with Crippen molar-refractivity contribution in [3.8, 4) is 0 Å². The zero-order valence-corrected chi connectivity index (χ0v) is 10.9. The number of aromatic nitrogens is 1. The van der Waals surface area contributed by atoms with Crippen molar-refractivity contribution in [1.29, 1.82) is 0 Å². The topological polar surface area (TPSA) is 56.6 Å². The van der Waals surface area contributed by atoms with Gasteiger partial charge in [0.25, 0.3) is 0 Å². The van der Waals surface area contributed by atoms with Crippen molar-refractivity contribution in [1.82, 2.24) is 9.88 Å². The molecular formula is C14H17BN2O2. The van der Waals surface area contributed by atoms with E-state index in [1.54, 1.807) is 18.5 Å². The molecule has 0 unspecified atom stereocenters. The van der Waals surface area contributed by atoms with Gasteiger partial charge in [0.15, 0.2) is 0 Å². The van der Waals surface area contributed by atoms with Gasteiger partial charge in [-0.05, 0) is 35.8 Å². The van der Waals surface area contributed by atoms with Crippen LogP contribution in [0.25, 0.3) is 0 Å². The molecule has 0 fully saturated rings. The van der Waals surface area contributed by atoms with Crippen LogP contribution < -0.4 is 5.46 Å². The second-order valence-electron chi connectivity index (χ2n) is 4.65. The molecule has 2 N–H and O–H groups in total. The SMILES string of the molecule is CN(Cc1ccncc1)Cc1cccc(B(O)O)c1. The van der Waals surface area contributed by atoms with E-state index in [2.05, 4.69) is 9.88 Å². The molecule has 5 heteroatoms. The lowest BCUT2D eigenvalue weighted by Gasteiger charge is -2.17. The van der Waals surface area contributed by atoms with E-state index in [4.69, 9.17) is 10.0 Å². The first-order valence-electron chi connectivity index (χ1n) is 6.17. The zero-order chi connectivity index (χ0) is 13.7. The molecule has 2 aromatic rings. The largest absolute Gasteiger partial charge is 0.488 e. The fourth-order valence-corrected chi connectivity index (χ4v) is 2.02. The predicted octanol–water partition coefficient (Wildman–Crippen LogP) is 0.393.